The van der Waals surface area contributed by atoms with Crippen molar-refractivity contribution >= 4 is 11.8 Å². The molecular formula is C13H16N4O2. The molecule has 0 bridgehead atoms. The Morgan fingerprint density at radius 1 is 1.42 bits per heavy atom. The number of rotatable bonds is 2. The number of aryl methyl sites for hydroxylation is 1. The van der Waals surface area contributed by atoms with Crippen molar-refractivity contribution < 1.29 is 9.90 Å². The van der Waals surface area contributed by atoms with Crippen LogP contribution >= 0.6 is 0 Å². The van der Waals surface area contributed by atoms with Crippen LogP contribution in [0.1, 0.15) is 36.1 Å². The van der Waals surface area contributed by atoms with Crippen molar-refractivity contribution in [2.24, 2.45) is 0 Å². The SMILES string of the molecule is Cc1nnc(N2CCCCC2C(=O)O)c(C#N)c1C. The van der Waals surface area contributed by atoms with Gasteiger partial charge in [0.25, 0.3) is 0 Å². The second-order valence-corrected chi connectivity index (χ2v) is 4.76. The van der Waals surface area contributed by atoms with E-state index >= 15 is 0 Å². The van der Waals surface area contributed by atoms with E-state index in [0.29, 0.717) is 30.0 Å². The lowest BCUT2D eigenvalue weighted by Gasteiger charge is -2.34. The predicted molar refractivity (Wildman–Crippen MR) is 68.8 cm³/mol. The Labute approximate surface area is 111 Å². The molecule has 6 nitrogen and oxygen atoms in total. The maximum absolute atomic E-state index is 11.3. The zero-order chi connectivity index (χ0) is 14.0. The number of anilines is 1. The molecule has 0 spiro atoms. The molecule has 100 valence electrons. The number of aromatic nitrogens is 2. The summed E-state index contributed by atoms with van der Waals surface area (Å²) in [7, 11) is 0. The minimum atomic E-state index is -0.872. The molecule has 1 unspecified atom stereocenters. The average molecular weight is 260 g/mol. The van der Waals surface area contributed by atoms with E-state index < -0.39 is 12.0 Å². The summed E-state index contributed by atoms with van der Waals surface area (Å²) < 4.78 is 0. The quantitative estimate of drug-likeness (QED) is 0.864. The summed E-state index contributed by atoms with van der Waals surface area (Å²) in [4.78, 5) is 13.0. The van der Waals surface area contributed by atoms with E-state index in [1.807, 2.05) is 6.92 Å². The van der Waals surface area contributed by atoms with Crippen LogP contribution in [-0.2, 0) is 4.79 Å². The highest BCUT2D eigenvalue weighted by Gasteiger charge is 2.31. The van der Waals surface area contributed by atoms with Crippen LogP contribution in [-0.4, -0.2) is 33.9 Å². The fourth-order valence-corrected chi connectivity index (χ4v) is 2.37. The molecule has 0 radical (unpaired) electrons. The summed E-state index contributed by atoms with van der Waals surface area (Å²) in [5.74, 6) is -0.471. The lowest BCUT2D eigenvalue weighted by molar-refractivity contribution is -0.139. The number of piperidine rings is 1. The van der Waals surface area contributed by atoms with Gasteiger partial charge in [0.2, 0.25) is 0 Å². The number of carboxylic acid groups (broad SMARTS) is 1. The molecule has 1 atom stereocenters. The van der Waals surface area contributed by atoms with Crippen LogP contribution in [0.2, 0.25) is 0 Å². The minimum Gasteiger partial charge on any atom is -0.480 e. The molecule has 2 rings (SSSR count). The molecule has 0 aliphatic carbocycles. The molecule has 0 aromatic carbocycles. The second-order valence-electron chi connectivity index (χ2n) is 4.76. The predicted octanol–water partition coefficient (Wildman–Crippen LogP) is 1.41. The van der Waals surface area contributed by atoms with Gasteiger partial charge >= 0.3 is 5.97 Å². The summed E-state index contributed by atoms with van der Waals surface area (Å²) >= 11 is 0. The number of carbonyl (C=O) groups is 1. The van der Waals surface area contributed by atoms with Crippen LogP contribution in [0.3, 0.4) is 0 Å². The molecule has 1 aromatic heterocycles. The van der Waals surface area contributed by atoms with E-state index in [1.165, 1.54) is 0 Å². The lowest BCUT2D eigenvalue weighted by atomic mass is 10.0. The minimum absolute atomic E-state index is 0.401. The number of carboxylic acids is 1. The van der Waals surface area contributed by atoms with Gasteiger partial charge in [-0.3, -0.25) is 0 Å². The molecule has 1 aliphatic rings. The third-order valence-electron chi connectivity index (χ3n) is 3.61. The van der Waals surface area contributed by atoms with Gasteiger partial charge in [0.15, 0.2) is 5.82 Å². The Balaban J connectivity index is 2.48. The summed E-state index contributed by atoms with van der Waals surface area (Å²) in [5.41, 5.74) is 1.90. The first-order valence-corrected chi connectivity index (χ1v) is 6.29. The summed E-state index contributed by atoms with van der Waals surface area (Å²) in [6.07, 6.45) is 2.37. The zero-order valence-corrected chi connectivity index (χ0v) is 11.1. The molecule has 1 N–H and O–H groups in total. The Morgan fingerprint density at radius 2 is 2.16 bits per heavy atom. The van der Waals surface area contributed by atoms with Gasteiger partial charge in [0, 0.05) is 6.54 Å². The Morgan fingerprint density at radius 3 is 2.79 bits per heavy atom. The third-order valence-corrected chi connectivity index (χ3v) is 3.61. The molecule has 1 saturated heterocycles. The highest BCUT2D eigenvalue weighted by Crippen LogP contribution is 2.27. The topological polar surface area (TPSA) is 90.1 Å². The van der Waals surface area contributed by atoms with Crippen molar-refractivity contribution in [3.8, 4) is 6.07 Å². The number of hydrogen-bond acceptors (Lipinski definition) is 5. The number of nitriles is 1. The van der Waals surface area contributed by atoms with Crippen LogP contribution in [0, 0.1) is 25.2 Å². The molecule has 0 saturated carbocycles. The second kappa shape index (κ2) is 5.22. The Bertz CT molecular complexity index is 550. The molecule has 6 heteroatoms. The fourth-order valence-electron chi connectivity index (χ4n) is 2.37. The van der Waals surface area contributed by atoms with Crippen molar-refractivity contribution in [3.05, 3.63) is 16.8 Å². The lowest BCUT2D eigenvalue weighted by Crippen LogP contribution is -2.45. The molecule has 1 fully saturated rings. The van der Waals surface area contributed by atoms with Crippen molar-refractivity contribution in [1.29, 1.82) is 5.26 Å². The number of aliphatic carboxylic acids is 1. The van der Waals surface area contributed by atoms with Gasteiger partial charge in [0.1, 0.15) is 17.7 Å². The molecule has 1 aliphatic heterocycles. The third kappa shape index (κ3) is 2.36. The first-order valence-electron chi connectivity index (χ1n) is 6.29. The number of hydrogen-bond donors (Lipinski definition) is 1. The molecule has 19 heavy (non-hydrogen) atoms. The fraction of sp³-hybridized carbons (Fsp3) is 0.538. The highest BCUT2D eigenvalue weighted by molar-refractivity contribution is 5.79. The Hall–Kier alpha value is -2.16. The molecule has 0 amide bonds. The van der Waals surface area contributed by atoms with Crippen molar-refractivity contribution in [2.45, 2.75) is 39.2 Å². The molecular weight excluding hydrogens is 244 g/mol. The first kappa shape index (κ1) is 13.3. The van der Waals surface area contributed by atoms with E-state index in [1.54, 1.807) is 11.8 Å². The van der Waals surface area contributed by atoms with Crippen molar-refractivity contribution in [2.75, 3.05) is 11.4 Å². The van der Waals surface area contributed by atoms with Gasteiger partial charge in [0.05, 0.1) is 5.69 Å². The maximum Gasteiger partial charge on any atom is 0.326 e. The van der Waals surface area contributed by atoms with Crippen LogP contribution in [0.15, 0.2) is 0 Å². The van der Waals surface area contributed by atoms with E-state index in [-0.39, 0.29) is 0 Å². The van der Waals surface area contributed by atoms with Crippen LogP contribution < -0.4 is 4.90 Å². The summed E-state index contributed by atoms with van der Waals surface area (Å²) in [6, 6.07) is 1.51. The largest absolute Gasteiger partial charge is 0.480 e. The summed E-state index contributed by atoms with van der Waals surface area (Å²) in [5, 5.41) is 26.6. The monoisotopic (exact) mass is 260 g/mol. The van der Waals surface area contributed by atoms with E-state index in [0.717, 1.165) is 18.4 Å². The van der Waals surface area contributed by atoms with E-state index in [2.05, 4.69) is 16.3 Å². The van der Waals surface area contributed by atoms with Gasteiger partial charge < -0.3 is 10.0 Å². The average Bonchev–Trinajstić information content (AvgIpc) is 2.41. The van der Waals surface area contributed by atoms with E-state index in [9.17, 15) is 15.2 Å². The van der Waals surface area contributed by atoms with Crippen LogP contribution in [0.4, 0.5) is 5.82 Å². The Kier molecular flexibility index (Phi) is 3.65. The zero-order valence-electron chi connectivity index (χ0n) is 11.1. The van der Waals surface area contributed by atoms with Gasteiger partial charge in [-0.25, -0.2) is 4.79 Å². The van der Waals surface area contributed by atoms with Crippen LogP contribution in [0.25, 0.3) is 0 Å². The number of nitrogens with zero attached hydrogens (tertiary/aromatic N) is 4. The van der Waals surface area contributed by atoms with Crippen LogP contribution in [0.5, 0.6) is 0 Å². The van der Waals surface area contributed by atoms with Gasteiger partial charge in [-0.15, -0.1) is 5.10 Å². The van der Waals surface area contributed by atoms with Gasteiger partial charge in [-0.1, -0.05) is 0 Å². The van der Waals surface area contributed by atoms with Gasteiger partial charge in [-0.2, -0.15) is 10.4 Å². The highest BCUT2D eigenvalue weighted by atomic mass is 16.4. The van der Waals surface area contributed by atoms with Gasteiger partial charge in [-0.05, 0) is 38.7 Å². The first-order chi connectivity index (χ1) is 9.06. The molecule has 1 aromatic rings. The van der Waals surface area contributed by atoms with Crippen molar-refractivity contribution in [1.82, 2.24) is 10.2 Å². The summed E-state index contributed by atoms with van der Waals surface area (Å²) in [6.45, 7) is 4.20. The maximum atomic E-state index is 11.3. The van der Waals surface area contributed by atoms with E-state index in [4.69, 9.17) is 0 Å². The smallest absolute Gasteiger partial charge is 0.326 e. The molecule has 2 heterocycles. The standard InChI is InChI=1S/C13H16N4O2/c1-8-9(2)15-16-12(10(8)7-14)17-6-4-3-5-11(17)13(18)19/h11H,3-6H2,1-2H3,(H,18,19). The van der Waals surface area contributed by atoms with Crippen molar-refractivity contribution in [3.63, 3.8) is 0 Å². The normalized spacial score (nSPS) is 19.0.